The van der Waals surface area contributed by atoms with Crippen molar-refractivity contribution in [1.82, 2.24) is 20.0 Å². The number of aromatic nitrogens is 2. The Morgan fingerprint density at radius 1 is 1.42 bits per heavy atom. The van der Waals surface area contributed by atoms with Gasteiger partial charge in [-0.1, -0.05) is 6.92 Å². The Kier molecular flexibility index (Phi) is 7.42. The van der Waals surface area contributed by atoms with E-state index < -0.39 is 0 Å². The van der Waals surface area contributed by atoms with Gasteiger partial charge in [0, 0.05) is 30.9 Å². The highest BCUT2D eigenvalue weighted by atomic mass is 35.5. The number of hydrogen-bond donors (Lipinski definition) is 1. The molecule has 1 fully saturated rings. The summed E-state index contributed by atoms with van der Waals surface area (Å²) in [6, 6.07) is 0.717. The first kappa shape index (κ1) is 16.5. The molecule has 110 valence electrons. The molecule has 1 aliphatic heterocycles. The van der Waals surface area contributed by atoms with Crippen LogP contribution in [-0.4, -0.2) is 40.9 Å². The Labute approximate surface area is 123 Å². The van der Waals surface area contributed by atoms with Crippen molar-refractivity contribution in [2.75, 3.05) is 20.1 Å². The Bertz CT molecular complexity index is 345. The number of rotatable bonds is 5. The fourth-order valence-electron chi connectivity index (χ4n) is 2.70. The molecule has 1 aromatic heterocycles. The van der Waals surface area contributed by atoms with Crippen molar-refractivity contribution in [2.24, 2.45) is 0 Å². The van der Waals surface area contributed by atoms with Gasteiger partial charge in [-0.2, -0.15) is 5.10 Å². The van der Waals surface area contributed by atoms with Crippen LogP contribution in [0.3, 0.4) is 0 Å². The zero-order valence-corrected chi connectivity index (χ0v) is 13.0. The van der Waals surface area contributed by atoms with E-state index in [9.17, 15) is 0 Å². The Morgan fingerprint density at radius 2 is 2.26 bits per heavy atom. The molecule has 5 heteroatoms. The maximum atomic E-state index is 4.40. The highest BCUT2D eigenvalue weighted by molar-refractivity contribution is 5.85. The third-order valence-corrected chi connectivity index (χ3v) is 3.74. The van der Waals surface area contributed by atoms with Crippen LogP contribution >= 0.6 is 12.4 Å². The number of nitrogens with one attached hydrogen (secondary N) is 1. The molecule has 2 rings (SSSR count). The van der Waals surface area contributed by atoms with Gasteiger partial charge in [0.2, 0.25) is 0 Å². The zero-order valence-electron chi connectivity index (χ0n) is 12.1. The molecule has 0 spiro atoms. The molecule has 0 bridgehead atoms. The first-order chi connectivity index (χ1) is 8.79. The molecule has 4 nitrogen and oxygen atoms in total. The molecule has 0 amide bonds. The highest BCUT2D eigenvalue weighted by Crippen LogP contribution is 2.14. The van der Waals surface area contributed by atoms with Crippen molar-refractivity contribution in [3.63, 3.8) is 0 Å². The monoisotopic (exact) mass is 286 g/mol. The molecule has 1 aromatic rings. The number of halogens is 1. The van der Waals surface area contributed by atoms with Gasteiger partial charge in [0.25, 0.3) is 0 Å². The summed E-state index contributed by atoms with van der Waals surface area (Å²) in [6.07, 6.45) is 9.22. The molecule has 0 aromatic carbocycles. The van der Waals surface area contributed by atoms with Crippen LogP contribution in [0.5, 0.6) is 0 Å². The Balaban J connectivity index is 0.00000180. The van der Waals surface area contributed by atoms with Crippen molar-refractivity contribution in [3.8, 4) is 0 Å². The Morgan fingerprint density at radius 3 is 3.05 bits per heavy atom. The second-order valence-electron chi connectivity index (χ2n) is 5.36. The summed E-state index contributed by atoms with van der Waals surface area (Å²) < 4.78 is 2.05. The minimum Gasteiger partial charge on any atom is -0.317 e. The van der Waals surface area contributed by atoms with Gasteiger partial charge in [-0.3, -0.25) is 9.58 Å². The number of hydrogen-bond acceptors (Lipinski definition) is 3. The summed E-state index contributed by atoms with van der Waals surface area (Å²) in [7, 11) is 2.24. The largest absolute Gasteiger partial charge is 0.317 e. The molecule has 0 saturated carbocycles. The van der Waals surface area contributed by atoms with E-state index in [1.54, 1.807) is 0 Å². The molecule has 2 heterocycles. The average molecular weight is 287 g/mol. The molecule has 1 N–H and O–H groups in total. The van der Waals surface area contributed by atoms with E-state index in [-0.39, 0.29) is 12.4 Å². The molecule has 1 atom stereocenters. The van der Waals surface area contributed by atoms with Crippen LogP contribution in [0, 0.1) is 0 Å². The smallest absolute Gasteiger partial charge is 0.0534 e. The molecule has 1 unspecified atom stereocenters. The van der Waals surface area contributed by atoms with Crippen LogP contribution in [0.25, 0.3) is 0 Å². The average Bonchev–Trinajstić information content (AvgIpc) is 2.65. The van der Waals surface area contributed by atoms with Crippen LogP contribution in [0.4, 0.5) is 0 Å². The molecule has 1 aliphatic rings. The lowest BCUT2D eigenvalue weighted by Gasteiger charge is -2.26. The lowest BCUT2D eigenvalue weighted by atomic mass is 10.1. The second-order valence-corrected chi connectivity index (χ2v) is 5.36. The van der Waals surface area contributed by atoms with Crippen LogP contribution < -0.4 is 5.32 Å². The first-order valence-corrected chi connectivity index (χ1v) is 7.22. The summed E-state index contributed by atoms with van der Waals surface area (Å²) in [5.41, 5.74) is 1.34. The van der Waals surface area contributed by atoms with Gasteiger partial charge in [-0.15, -0.1) is 12.4 Å². The normalized spacial score (nSPS) is 20.1. The molecule has 0 radical (unpaired) electrons. The minimum absolute atomic E-state index is 0. The first-order valence-electron chi connectivity index (χ1n) is 7.22. The standard InChI is InChI=1S/C14H26N4.ClH/c1-3-9-18-12-13(10-16-18)11-17(2)14-5-4-7-15-8-6-14;/h10,12,14-15H,3-9,11H2,1-2H3;1H. The van der Waals surface area contributed by atoms with Gasteiger partial charge >= 0.3 is 0 Å². The lowest BCUT2D eigenvalue weighted by Crippen LogP contribution is -2.31. The van der Waals surface area contributed by atoms with Gasteiger partial charge in [-0.05, 0) is 45.8 Å². The molecule has 0 aliphatic carbocycles. The van der Waals surface area contributed by atoms with E-state index >= 15 is 0 Å². The van der Waals surface area contributed by atoms with E-state index in [0.717, 1.165) is 32.1 Å². The quantitative estimate of drug-likeness (QED) is 0.902. The van der Waals surface area contributed by atoms with Gasteiger partial charge < -0.3 is 5.32 Å². The summed E-state index contributed by atoms with van der Waals surface area (Å²) in [6.45, 7) is 6.57. The van der Waals surface area contributed by atoms with E-state index in [1.807, 2.05) is 6.20 Å². The molecule has 1 saturated heterocycles. The lowest BCUT2D eigenvalue weighted by molar-refractivity contribution is 0.216. The van der Waals surface area contributed by atoms with Gasteiger partial charge in [0.1, 0.15) is 0 Å². The van der Waals surface area contributed by atoms with Crippen LogP contribution in [0.1, 0.15) is 38.2 Å². The fourth-order valence-corrected chi connectivity index (χ4v) is 2.70. The molecular weight excluding hydrogens is 260 g/mol. The van der Waals surface area contributed by atoms with E-state index in [0.29, 0.717) is 0 Å². The number of nitrogens with zero attached hydrogens (tertiary/aromatic N) is 3. The maximum absolute atomic E-state index is 4.40. The van der Waals surface area contributed by atoms with Crippen molar-refractivity contribution >= 4 is 12.4 Å². The van der Waals surface area contributed by atoms with Crippen LogP contribution in [0.15, 0.2) is 12.4 Å². The van der Waals surface area contributed by atoms with E-state index in [2.05, 4.69) is 40.2 Å². The summed E-state index contributed by atoms with van der Waals surface area (Å²) in [5.74, 6) is 0. The van der Waals surface area contributed by atoms with E-state index in [1.165, 1.54) is 31.4 Å². The summed E-state index contributed by atoms with van der Waals surface area (Å²) in [5, 5.41) is 7.87. The van der Waals surface area contributed by atoms with Crippen molar-refractivity contribution in [3.05, 3.63) is 18.0 Å². The molecule has 19 heavy (non-hydrogen) atoms. The van der Waals surface area contributed by atoms with E-state index in [4.69, 9.17) is 0 Å². The zero-order chi connectivity index (χ0) is 12.8. The highest BCUT2D eigenvalue weighted by Gasteiger charge is 2.17. The third kappa shape index (κ3) is 5.13. The van der Waals surface area contributed by atoms with Gasteiger partial charge in [0.15, 0.2) is 0 Å². The van der Waals surface area contributed by atoms with Crippen LogP contribution in [0.2, 0.25) is 0 Å². The minimum atomic E-state index is 0. The maximum Gasteiger partial charge on any atom is 0.0534 e. The Hall–Kier alpha value is -0.580. The fraction of sp³-hybridized carbons (Fsp3) is 0.786. The van der Waals surface area contributed by atoms with Gasteiger partial charge in [0.05, 0.1) is 6.20 Å². The van der Waals surface area contributed by atoms with Crippen molar-refractivity contribution in [1.29, 1.82) is 0 Å². The van der Waals surface area contributed by atoms with Crippen molar-refractivity contribution in [2.45, 2.75) is 51.7 Å². The second kappa shape index (κ2) is 8.56. The topological polar surface area (TPSA) is 33.1 Å². The predicted molar refractivity (Wildman–Crippen MR) is 81.7 cm³/mol. The van der Waals surface area contributed by atoms with Crippen LogP contribution in [-0.2, 0) is 13.1 Å². The predicted octanol–water partition coefficient (Wildman–Crippen LogP) is 2.29. The molecular formula is C14H27ClN4. The summed E-state index contributed by atoms with van der Waals surface area (Å²) in [4.78, 5) is 2.49. The van der Waals surface area contributed by atoms with Crippen molar-refractivity contribution < 1.29 is 0 Å². The van der Waals surface area contributed by atoms with Gasteiger partial charge in [-0.25, -0.2) is 0 Å². The SMILES string of the molecule is CCCn1cc(CN(C)C2CCCNCC2)cn1.Cl. The number of aryl methyl sites for hydroxylation is 1. The summed E-state index contributed by atoms with van der Waals surface area (Å²) >= 11 is 0. The third-order valence-electron chi connectivity index (χ3n) is 3.74.